The lowest BCUT2D eigenvalue weighted by Gasteiger charge is -2.27. The van der Waals surface area contributed by atoms with E-state index in [4.69, 9.17) is 9.47 Å². The molecule has 1 aliphatic carbocycles. The molecule has 21 heavy (non-hydrogen) atoms. The highest BCUT2D eigenvalue weighted by molar-refractivity contribution is 7.37. The highest BCUT2D eigenvalue weighted by Crippen LogP contribution is 2.32. The first-order chi connectivity index (χ1) is 10.2. The summed E-state index contributed by atoms with van der Waals surface area (Å²) in [6, 6.07) is 8.53. The molecule has 2 nitrogen and oxygen atoms in total. The third-order valence-corrected chi connectivity index (χ3v) is 5.51. The molecule has 0 spiro atoms. The fourth-order valence-electron chi connectivity index (χ4n) is 2.78. The maximum atomic E-state index is 6.12. The van der Waals surface area contributed by atoms with Crippen molar-refractivity contribution < 1.29 is 9.47 Å². The lowest BCUT2D eigenvalue weighted by atomic mass is 9.98. The van der Waals surface area contributed by atoms with Crippen LogP contribution in [-0.2, 0) is 4.74 Å². The van der Waals surface area contributed by atoms with Crippen LogP contribution in [-0.4, -0.2) is 19.1 Å². The zero-order valence-electron chi connectivity index (χ0n) is 13.6. The van der Waals surface area contributed by atoms with E-state index >= 15 is 0 Å². The van der Waals surface area contributed by atoms with Gasteiger partial charge >= 0.3 is 0 Å². The van der Waals surface area contributed by atoms with Gasteiger partial charge in [-0.15, -0.1) is 8.58 Å². The molecule has 1 aliphatic rings. The summed E-state index contributed by atoms with van der Waals surface area (Å²) >= 11 is 0. The fraction of sp³-hybridized carbons (Fsp3) is 0.667. The van der Waals surface area contributed by atoms with Crippen LogP contribution >= 0.6 is 8.58 Å². The zero-order chi connectivity index (χ0) is 15.1. The molecule has 3 atom stereocenters. The standard InChI is InChI=1S/C18H29O2P/c1-4-18(19-16-8-6-5-7-9-16)20-17-12-10-15(11-13-17)14(2)21-3/h10-14,16,18,21H,4-9H2,1-3H3. The molecule has 1 saturated carbocycles. The van der Waals surface area contributed by atoms with E-state index in [1.54, 1.807) is 0 Å². The van der Waals surface area contributed by atoms with Gasteiger partial charge in [0.15, 0.2) is 6.29 Å². The summed E-state index contributed by atoms with van der Waals surface area (Å²) < 4.78 is 12.1. The van der Waals surface area contributed by atoms with E-state index in [9.17, 15) is 0 Å². The summed E-state index contributed by atoms with van der Waals surface area (Å²) in [7, 11) is 0.939. The van der Waals surface area contributed by atoms with Gasteiger partial charge < -0.3 is 9.47 Å². The normalized spacial score (nSPS) is 19.8. The van der Waals surface area contributed by atoms with Crippen molar-refractivity contribution >= 4 is 8.58 Å². The Kier molecular flexibility index (Phi) is 6.99. The predicted molar refractivity (Wildman–Crippen MR) is 91.8 cm³/mol. The first kappa shape index (κ1) is 16.8. The Balaban J connectivity index is 1.88. The topological polar surface area (TPSA) is 18.5 Å². The van der Waals surface area contributed by atoms with E-state index < -0.39 is 0 Å². The van der Waals surface area contributed by atoms with Crippen LogP contribution in [0.1, 0.15) is 63.6 Å². The van der Waals surface area contributed by atoms with Crippen LogP contribution in [0.15, 0.2) is 24.3 Å². The molecule has 1 aromatic rings. The van der Waals surface area contributed by atoms with Gasteiger partial charge in [0.2, 0.25) is 0 Å². The number of hydrogen-bond acceptors (Lipinski definition) is 2. The van der Waals surface area contributed by atoms with Crippen LogP contribution in [0.2, 0.25) is 0 Å². The van der Waals surface area contributed by atoms with Crippen molar-refractivity contribution in [3.63, 3.8) is 0 Å². The molecule has 0 heterocycles. The average molecular weight is 308 g/mol. The fourth-order valence-corrected chi connectivity index (χ4v) is 3.30. The van der Waals surface area contributed by atoms with Crippen molar-refractivity contribution in [2.24, 2.45) is 0 Å². The summed E-state index contributed by atoms with van der Waals surface area (Å²) in [5.74, 6) is 0.924. The molecule has 2 rings (SSSR count). The molecule has 3 heteroatoms. The predicted octanol–water partition coefficient (Wildman–Crippen LogP) is 5.52. The molecular weight excluding hydrogens is 279 g/mol. The van der Waals surface area contributed by atoms with E-state index in [0.717, 1.165) is 20.8 Å². The molecule has 0 N–H and O–H groups in total. The smallest absolute Gasteiger partial charge is 0.199 e. The highest BCUT2D eigenvalue weighted by Gasteiger charge is 2.19. The zero-order valence-corrected chi connectivity index (χ0v) is 14.6. The van der Waals surface area contributed by atoms with Gasteiger partial charge in [-0.3, -0.25) is 0 Å². The molecule has 0 aromatic heterocycles. The molecule has 1 aromatic carbocycles. The van der Waals surface area contributed by atoms with Crippen molar-refractivity contribution in [3.8, 4) is 5.75 Å². The first-order valence-corrected chi connectivity index (χ1v) is 9.90. The summed E-state index contributed by atoms with van der Waals surface area (Å²) in [6.07, 6.45) is 7.51. The van der Waals surface area contributed by atoms with Crippen LogP contribution in [0.4, 0.5) is 0 Å². The minimum absolute atomic E-state index is 0.107. The van der Waals surface area contributed by atoms with Crippen LogP contribution in [0.25, 0.3) is 0 Å². The van der Waals surface area contributed by atoms with Crippen LogP contribution in [0, 0.1) is 0 Å². The van der Waals surface area contributed by atoms with E-state index in [1.807, 2.05) is 0 Å². The second-order valence-corrected chi connectivity index (χ2v) is 7.37. The van der Waals surface area contributed by atoms with Crippen LogP contribution in [0.5, 0.6) is 5.75 Å². The van der Waals surface area contributed by atoms with Crippen molar-refractivity contribution in [3.05, 3.63) is 29.8 Å². The quantitative estimate of drug-likeness (QED) is 0.488. The summed E-state index contributed by atoms with van der Waals surface area (Å²) in [6.45, 7) is 6.65. The summed E-state index contributed by atoms with van der Waals surface area (Å²) in [5.41, 5.74) is 2.03. The number of hydrogen-bond donors (Lipinski definition) is 0. The van der Waals surface area contributed by atoms with Crippen molar-refractivity contribution in [2.75, 3.05) is 6.66 Å². The van der Waals surface area contributed by atoms with Gasteiger partial charge in [0.05, 0.1) is 6.10 Å². The van der Waals surface area contributed by atoms with Gasteiger partial charge in [-0.25, -0.2) is 0 Å². The lowest BCUT2D eigenvalue weighted by molar-refractivity contribution is -0.129. The Morgan fingerprint density at radius 2 is 1.81 bits per heavy atom. The van der Waals surface area contributed by atoms with Crippen molar-refractivity contribution in [1.82, 2.24) is 0 Å². The molecule has 0 saturated heterocycles. The Hall–Kier alpha value is -0.590. The number of benzene rings is 1. The second kappa shape index (κ2) is 8.76. The van der Waals surface area contributed by atoms with Crippen LogP contribution in [0.3, 0.4) is 0 Å². The van der Waals surface area contributed by atoms with E-state index in [1.165, 1.54) is 37.7 Å². The maximum Gasteiger partial charge on any atom is 0.199 e. The molecule has 3 unspecified atom stereocenters. The van der Waals surface area contributed by atoms with Gasteiger partial charge in [-0.1, -0.05) is 45.2 Å². The summed E-state index contributed by atoms with van der Waals surface area (Å²) in [5, 5.41) is 0. The SMILES string of the molecule is CCC(Oc1ccc(C(C)PC)cc1)OC1CCCCC1. The number of ether oxygens (including phenoxy) is 2. The Bertz CT molecular complexity index is 398. The number of rotatable bonds is 7. The molecule has 0 radical (unpaired) electrons. The largest absolute Gasteiger partial charge is 0.465 e. The van der Waals surface area contributed by atoms with E-state index in [2.05, 4.69) is 44.8 Å². The Morgan fingerprint density at radius 1 is 1.14 bits per heavy atom. The second-order valence-electron chi connectivity index (χ2n) is 5.93. The third-order valence-electron chi connectivity index (χ3n) is 4.31. The highest BCUT2D eigenvalue weighted by atomic mass is 31.1. The average Bonchev–Trinajstić information content (AvgIpc) is 2.55. The minimum Gasteiger partial charge on any atom is -0.465 e. The maximum absolute atomic E-state index is 6.12. The van der Waals surface area contributed by atoms with Crippen molar-refractivity contribution in [1.29, 1.82) is 0 Å². The first-order valence-electron chi connectivity index (χ1n) is 8.32. The van der Waals surface area contributed by atoms with Gasteiger partial charge in [0, 0.05) is 6.42 Å². The van der Waals surface area contributed by atoms with Gasteiger partial charge in [0.1, 0.15) is 5.75 Å². The van der Waals surface area contributed by atoms with Gasteiger partial charge in [0.25, 0.3) is 0 Å². The van der Waals surface area contributed by atoms with Gasteiger partial charge in [-0.05, 0) is 42.9 Å². The van der Waals surface area contributed by atoms with Crippen LogP contribution < -0.4 is 4.74 Å². The molecule has 118 valence electrons. The minimum atomic E-state index is -0.107. The molecule has 0 aliphatic heterocycles. The molecule has 0 amide bonds. The Labute approximate surface area is 131 Å². The van der Waals surface area contributed by atoms with Gasteiger partial charge in [-0.2, -0.15) is 0 Å². The Morgan fingerprint density at radius 3 is 2.38 bits per heavy atom. The lowest BCUT2D eigenvalue weighted by Crippen LogP contribution is -2.28. The third kappa shape index (κ3) is 5.27. The molecular formula is C18H29O2P. The van der Waals surface area contributed by atoms with Crippen molar-refractivity contribution in [2.45, 2.75) is 70.4 Å². The van der Waals surface area contributed by atoms with E-state index in [0.29, 0.717) is 11.8 Å². The molecule has 1 fully saturated rings. The summed E-state index contributed by atoms with van der Waals surface area (Å²) in [4.78, 5) is 0. The van der Waals surface area contributed by atoms with E-state index in [-0.39, 0.29) is 6.29 Å². The monoisotopic (exact) mass is 308 g/mol. The molecule has 0 bridgehead atoms.